The molecule has 0 atom stereocenters. The molecule has 0 radical (unpaired) electrons. The highest BCUT2D eigenvalue weighted by atomic mass is 35.5. The van der Waals surface area contributed by atoms with Crippen molar-refractivity contribution in [3.8, 4) is 0 Å². The minimum absolute atomic E-state index is 0.0313. The molecule has 1 heterocycles. The molecule has 0 saturated heterocycles. The third-order valence-electron chi connectivity index (χ3n) is 2.11. The third-order valence-corrected chi connectivity index (χ3v) is 4.27. The van der Waals surface area contributed by atoms with Crippen LogP contribution in [0.3, 0.4) is 0 Å². The van der Waals surface area contributed by atoms with Crippen LogP contribution in [0.4, 0.5) is 0 Å². The van der Waals surface area contributed by atoms with Crippen LogP contribution in [0.5, 0.6) is 0 Å². The van der Waals surface area contributed by atoms with Gasteiger partial charge in [-0.1, -0.05) is 17.7 Å². The first-order chi connectivity index (χ1) is 6.94. The van der Waals surface area contributed by atoms with Gasteiger partial charge in [-0.05, 0) is 18.2 Å². The molecule has 1 amide bonds. The first-order valence-electron chi connectivity index (χ1n) is 3.99. The number of hydrogen-bond acceptors (Lipinski definition) is 3. The van der Waals surface area contributed by atoms with Crippen LogP contribution >= 0.6 is 11.6 Å². The van der Waals surface area contributed by atoms with Gasteiger partial charge in [0.25, 0.3) is 5.91 Å². The lowest BCUT2D eigenvalue weighted by Gasteiger charge is -2.00. The van der Waals surface area contributed by atoms with Gasteiger partial charge >= 0.3 is 0 Å². The molecule has 0 saturated carbocycles. The SMILES string of the molecule is NC(=O)C1=Cc2c(Cl)cccc2S1(=O)=O. The van der Waals surface area contributed by atoms with Crippen molar-refractivity contribution in [1.29, 1.82) is 0 Å². The van der Waals surface area contributed by atoms with Crippen molar-refractivity contribution in [1.82, 2.24) is 0 Å². The van der Waals surface area contributed by atoms with Gasteiger partial charge < -0.3 is 5.73 Å². The van der Waals surface area contributed by atoms with E-state index < -0.39 is 20.6 Å². The Hall–Kier alpha value is -1.33. The van der Waals surface area contributed by atoms with E-state index in [1.165, 1.54) is 18.2 Å². The minimum atomic E-state index is -3.77. The summed E-state index contributed by atoms with van der Waals surface area (Å²) < 4.78 is 23.5. The monoisotopic (exact) mass is 243 g/mol. The molecular formula is C9H6ClNO3S. The van der Waals surface area contributed by atoms with E-state index in [2.05, 4.69) is 0 Å². The maximum atomic E-state index is 11.8. The second kappa shape index (κ2) is 3.08. The first-order valence-corrected chi connectivity index (χ1v) is 5.86. The summed E-state index contributed by atoms with van der Waals surface area (Å²) in [6.07, 6.45) is 1.20. The molecule has 0 aromatic heterocycles. The van der Waals surface area contributed by atoms with Crippen LogP contribution in [0.1, 0.15) is 5.56 Å². The molecule has 0 bridgehead atoms. The molecule has 0 unspecified atom stereocenters. The van der Waals surface area contributed by atoms with Crippen LogP contribution in [0.15, 0.2) is 28.0 Å². The Kier molecular flexibility index (Phi) is 2.09. The fraction of sp³-hybridized carbons (Fsp3) is 0. The van der Waals surface area contributed by atoms with E-state index in [1.54, 1.807) is 6.07 Å². The van der Waals surface area contributed by atoms with Crippen LogP contribution in [-0.2, 0) is 14.6 Å². The molecule has 78 valence electrons. The average Bonchev–Trinajstić information content (AvgIpc) is 2.40. The van der Waals surface area contributed by atoms with Crippen molar-refractivity contribution in [3.05, 3.63) is 33.7 Å². The normalized spacial score (nSPS) is 17.0. The zero-order valence-corrected chi connectivity index (χ0v) is 8.97. The Morgan fingerprint density at radius 3 is 2.53 bits per heavy atom. The van der Waals surface area contributed by atoms with Gasteiger partial charge in [-0.2, -0.15) is 0 Å². The number of carbonyl (C=O) groups is 1. The fourth-order valence-electron chi connectivity index (χ4n) is 1.42. The summed E-state index contributed by atoms with van der Waals surface area (Å²) in [7, 11) is -3.77. The van der Waals surface area contributed by atoms with E-state index in [-0.39, 0.29) is 9.92 Å². The minimum Gasteiger partial charge on any atom is -0.365 e. The third kappa shape index (κ3) is 1.35. The van der Waals surface area contributed by atoms with E-state index >= 15 is 0 Å². The second-order valence-electron chi connectivity index (χ2n) is 3.03. The molecule has 0 spiro atoms. The number of halogens is 1. The average molecular weight is 244 g/mol. The Morgan fingerprint density at radius 1 is 1.33 bits per heavy atom. The number of amides is 1. The van der Waals surface area contributed by atoms with E-state index in [9.17, 15) is 13.2 Å². The number of primary amides is 1. The first kappa shape index (κ1) is 10.2. The molecule has 2 N–H and O–H groups in total. The zero-order valence-electron chi connectivity index (χ0n) is 7.40. The summed E-state index contributed by atoms with van der Waals surface area (Å²) in [6, 6.07) is 4.45. The summed E-state index contributed by atoms with van der Waals surface area (Å²) >= 11 is 5.81. The van der Waals surface area contributed by atoms with Gasteiger partial charge in [0.2, 0.25) is 9.84 Å². The maximum absolute atomic E-state index is 11.8. The number of benzene rings is 1. The van der Waals surface area contributed by atoms with Gasteiger partial charge in [0.1, 0.15) is 4.91 Å². The number of sulfone groups is 1. The van der Waals surface area contributed by atoms with Crippen molar-refractivity contribution in [2.45, 2.75) is 4.90 Å². The molecular weight excluding hydrogens is 238 g/mol. The smallest absolute Gasteiger partial charge is 0.260 e. The number of nitrogens with two attached hydrogens (primary N) is 1. The lowest BCUT2D eigenvalue weighted by molar-refractivity contribution is -0.113. The van der Waals surface area contributed by atoms with Gasteiger partial charge in [0.15, 0.2) is 0 Å². The Labute approximate surface area is 91.3 Å². The summed E-state index contributed by atoms with van der Waals surface area (Å²) in [4.78, 5) is 10.5. The van der Waals surface area contributed by atoms with Crippen LogP contribution in [-0.4, -0.2) is 14.3 Å². The van der Waals surface area contributed by atoms with Gasteiger partial charge in [0.05, 0.1) is 4.90 Å². The standard InChI is InChI=1S/C9H6ClNO3S/c10-6-2-1-3-7-5(6)4-8(9(11)12)15(7,13)14/h1-4H,(H2,11,12). The lowest BCUT2D eigenvalue weighted by Crippen LogP contribution is -2.18. The summed E-state index contributed by atoms with van der Waals surface area (Å²) in [5.41, 5.74) is 5.30. The quantitative estimate of drug-likeness (QED) is 0.798. The predicted molar refractivity (Wildman–Crippen MR) is 55.8 cm³/mol. The van der Waals surface area contributed by atoms with Crippen LogP contribution < -0.4 is 5.73 Å². The molecule has 1 aromatic carbocycles. The molecule has 6 heteroatoms. The molecule has 4 nitrogen and oxygen atoms in total. The number of carbonyl (C=O) groups excluding carboxylic acids is 1. The van der Waals surface area contributed by atoms with E-state index in [0.29, 0.717) is 5.56 Å². The van der Waals surface area contributed by atoms with E-state index in [1.807, 2.05) is 0 Å². The molecule has 1 aromatic rings. The second-order valence-corrected chi connectivity index (χ2v) is 5.32. The van der Waals surface area contributed by atoms with Crippen molar-refractivity contribution < 1.29 is 13.2 Å². The topological polar surface area (TPSA) is 77.2 Å². The van der Waals surface area contributed by atoms with Gasteiger partial charge in [-0.25, -0.2) is 8.42 Å². The highest BCUT2D eigenvalue weighted by Gasteiger charge is 2.33. The van der Waals surface area contributed by atoms with Crippen LogP contribution in [0.2, 0.25) is 5.02 Å². The Bertz CT molecular complexity index is 589. The molecule has 15 heavy (non-hydrogen) atoms. The summed E-state index contributed by atoms with van der Waals surface area (Å²) in [5, 5.41) is 0.285. The summed E-state index contributed by atoms with van der Waals surface area (Å²) in [5.74, 6) is -0.970. The van der Waals surface area contributed by atoms with E-state index in [4.69, 9.17) is 17.3 Å². The fourth-order valence-corrected chi connectivity index (χ4v) is 3.20. The van der Waals surface area contributed by atoms with Crippen molar-refractivity contribution in [2.75, 3.05) is 0 Å². The predicted octanol–water partition coefficient (Wildman–Crippen LogP) is 0.954. The molecule has 1 aliphatic rings. The zero-order chi connectivity index (χ0) is 11.2. The van der Waals surface area contributed by atoms with Gasteiger partial charge in [-0.15, -0.1) is 0 Å². The molecule has 1 aliphatic heterocycles. The molecule has 2 rings (SSSR count). The van der Waals surface area contributed by atoms with Crippen molar-refractivity contribution >= 4 is 33.4 Å². The van der Waals surface area contributed by atoms with Crippen LogP contribution in [0.25, 0.3) is 6.08 Å². The van der Waals surface area contributed by atoms with Gasteiger partial charge in [0, 0.05) is 10.6 Å². The van der Waals surface area contributed by atoms with E-state index in [0.717, 1.165) is 0 Å². The Morgan fingerprint density at radius 2 is 2.00 bits per heavy atom. The number of hydrogen-bond donors (Lipinski definition) is 1. The summed E-state index contributed by atoms with van der Waals surface area (Å²) in [6.45, 7) is 0. The Balaban J connectivity index is 2.81. The highest BCUT2D eigenvalue weighted by molar-refractivity contribution is 7.96. The van der Waals surface area contributed by atoms with Crippen molar-refractivity contribution in [2.24, 2.45) is 5.73 Å². The van der Waals surface area contributed by atoms with Crippen molar-refractivity contribution in [3.63, 3.8) is 0 Å². The lowest BCUT2D eigenvalue weighted by atomic mass is 10.2. The van der Waals surface area contributed by atoms with Gasteiger partial charge in [-0.3, -0.25) is 4.79 Å². The maximum Gasteiger partial charge on any atom is 0.260 e. The number of rotatable bonds is 1. The molecule has 0 fully saturated rings. The highest BCUT2D eigenvalue weighted by Crippen LogP contribution is 2.36. The van der Waals surface area contributed by atoms with Crippen LogP contribution in [0, 0.1) is 0 Å². The largest absolute Gasteiger partial charge is 0.365 e. The number of fused-ring (bicyclic) bond motifs is 1. The molecule has 0 aliphatic carbocycles.